The topological polar surface area (TPSA) is 46.9 Å². The average Bonchev–Trinajstić information content (AvgIpc) is 3.24. The third-order valence-electron chi connectivity index (χ3n) is 6.11. The quantitative estimate of drug-likeness (QED) is 0.757. The third kappa shape index (κ3) is 2.85. The first-order valence-electron chi connectivity index (χ1n) is 9.73. The number of nitrogens with zero attached hydrogens (tertiary/aromatic N) is 2. The van der Waals surface area contributed by atoms with Gasteiger partial charge in [0.25, 0.3) is 0 Å². The van der Waals surface area contributed by atoms with Crippen molar-refractivity contribution in [1.82, 2.24) is 15.1 Å². The average molecular weight is 357 g/mol. The lowest BCUT2D eigenvalue weighted by molar-refractivity contribution is -0.121. The normalized spacial score (nSPS) is 22.1. The zero-order valence-corrected chi connectivity index (χ0v) is 15.2. The van der Waals surface area contributed by atoms with Crippen LogP contribution >= 0.6 is 0 Å². The number of carbonyl (C=O) groups excluding carboxylic acids is 1. The van der Waals surface area contributed by atoms with Crippen molar-refractivity contribution in [2.45, 2.75) is 31.2 Å². The van der Waals surface area contributed by atoms with Crippen LogP contribution in [0.25, 0.3) is 0 Å². The molecule has 1 amide bonds. The summed E-state index contributed by atoms with van der Waals surface area (Å²) in [5, 5.41) is 7.34. The van der Waals surface area contributed by atoms with Crippen LogP contribution in [-0.2, 0) is 11.3 Å². The SMILES string of the molecule is O=C(CCn1cccn1)NC[C@@H]1CC2c3ccccc3C1c1ccccc12. The molecule has 3 aliphatic carbocycles. The van der Waals surface area contributed by atoms with E-state index in [1.165, 1.54) is 22.3 Å². The van der Waals surface area contributed by atoms with Crippen molar-refractivity contribution in [2.75, 3.05) is 6.54 Å². The molecule has 6 rings (SSSR count). The second-order valence-electron chi connectivity index (χ2n) is 7.61. The highest BCUT2D eigenvalue weighted by molar-refractivity contribution is 5.75. The summed E-state index contributed by atoms with van der Waals surface area (Å²) in [5.41, 5.74) is 5.84. The predicted octanol–water partition coefficient (Wildman–Crippen LogP) is 3.69. The lowest BCUT2D eigenvalue weighted by Crippen LogP contribution is -2.39. The number of amides is 1. The van der Waals surface area contributed by atoms with Crippen LogP contribution in [0.2, 0.25) is 0 Å². The minimum absolute atomic E-state index is 0.105. The monoisotopic (exact) mass is 357 g/mol. The Bertz CT molecular complexity index is 916. The summed E-state index contributed by atoms with van der Waals surface area (Å²) in [7, 11) is 0. The van der Waals surface area contributed by atoms with Gasteiger partial charge < -0.3 is 5.32 Å². The van der Waals surface area contributed by atoms with Crippen molar-refractivity contribution in [3.8, 4) is 0 Å². The van der Waals surface area contributed by atoms with E-state index in [2.05, 4.69) is 58.9 Å². The second kappa shape index (κ2) is 6.69. The molecule has 4 nitrogen and oxygen atoms in total. The summed E-state index contributed by atoms with van der Waals surface area (Å²) in [5.74, 6) is 1.39. The highest BCUT2D eigenvalue weighted by atomic mass is 16.1. The zero-order valence-electron chi connectivity index (χ0n) is 15.2. The van der Waals surface area contributed by atoms with Gasteiger partial charge in [0.1, 0.15) is 0 Å². The van der Waals surface area contributed by atoms with Gasteiger partial charge in [0.15, 0.2) is 0 Å². The van der Waals surface area contributed by atoms with E-state index in [0.717, 1.165) is 13.0 Å². The van der Waals surface area contributed by atoms with E-state index < -0.39 is 0 Å². The molecule has 1 N–H and O–H groups in total. The Kier molecular flexibility index (Phi) is 4.04. The molecule has 4 heteroatoms. The molecule has 3 aromatic rings. The number of hydrogen-bond acceptors (Lipinski definition) is 2. The van der Waals surface area contributed by atoms with Gasteiger partial charge in [-0.25, -0.2) is 0 Å². The largest absolute Gasteiger partial charge is 0.356 e. The molecule has 0 spiro atoms. The van der Waals surface area contributed by atoms with Gasteiger partial charge in [-0.1, -0.05) is 48.5 Å². The Hall–Kier alpha value is -2.88. The van der Waals surface area contributed by atoms with E-state index >= 15 is 0 Å². The summed E-state index contributed by atoms with van der Waals surface area (Å²) >= 11 is 0. The first-order valence-corrected chi connectivity index (χ1v) is 9.73. The van der Waals surface area contributed by atoms with Crippen molar-refractivity contribution in [2.24, 2.45) is 5.92 Å². The van der Waals surface area contributed by atoms with Crippen LogP contribution in [0.4, 0.5) is 0 Å². The van der Waals surface area contributed by atoms with E-state index in [-0.39, 0.29) is 5.91 Å². The lowest BCUT2D eigenvalue weighted by Gasteiger charge is -2.45. The fourth-order valence-electron chi connectivity index (χ4n) is 4.94. The summed E-state index contributed by atoms with van der Waals surface area (Å²) in [6.07, 6.45) is 5.21. The fraction of sp³-hybridized carbons (Fsp3) is 0.304. The molecule has 0 fully saturated rings. The Balaban J connectivity index is 1.32. The molecule has 3 aliphatic rings. The number of carbonyl (C=O) groups is 1. The van der Waals surface area contributed by atoms with Crippen LogP contribution < -0.4 is 5.32 Å². The van der Waals surface area contributed by atoms with Crippen LogP contribution in [0, 0.1) is 5.92 Å². The highest BCUT2D eigenvalue weighted by Gasteiger charge is 2.42. The van der Waals surface area contributed by atoms with E-state index in [0.29, 0.717) is 30.7 Å². The van der Waals surface area contributed by atoms with Crippen molar-refractivity contribution >= 4 is 5.91 Å². The molecule has 1 aromatic heterocycles. The Morgan fingerprint density at radius 1 is 1.00 bits per heavy atom. The minimum atomic E-state index is 0.105. The minimum Gasteiger partial charge on any atom is -0.356 e. The second-order valence-corrected chi connectivity index (χ2v) is 7.61. The molecule has 1 atom stereocenters. The predicted molar refractivity (Wildman–Crippen MR) is 105 cm³/mol. The van der Waals surface area contributed by atoms with Gasteiger partial charge in [-0.15, -0.1) is 0 Å². The number of nitrogens with one attached hydrogen (secondary N) is 1. The van der Waals surface area contributed by atoms with Crippen LogP contribution in [0.3, 0.4) is 0 Å². The maximum absolute atomic E-state index is 12.3. The van der Waals surface area contributed by atoms with Gasteiger partial charge in [-0.05, 0) is 40.7 Å². The summed E-state index contributed by atoms with van der Waals surface area (Å²) in [6.45, 7) is 1.36. The molecular weight excluding hydrogens is 334 g/mol. The maximum atomic E-state index is 12.3. The maximum Gasteiger partial charge on any atom is 0.221 e. The van der Waals surface area contributed by atoms with Gasteiger partial charge in [-0.2, -0.15) is 5.10 Å². The highest BCUT2D eigenvalue weighted by Crippen LogP contribution is 2.55. The van der Waals surface area contributed by atoms with E-state index in [1.807, 2.05) is 12.3 Å². The first kappa shape index (κ1) is 16.3. The van der Waals surface area contributed by atoms with Crippen LogP contribution in [-0.4, -0.2) is 22.2 Å². The molecule has 2 aromatic carbocycles. The van der Waals surface area contributed by atoms with Crippen molar-refractivity contribution < 1.29 is 4.79 Å². The van der Waals surface area contributed by atoms with E-state index in [4.69, 9.17) is 0 Å². The Morgan fingerprint density at radius 2 is 1.67 bits per heavy atom. The summed E-state index contributed by atoms with van der Waals surface area (Å²) in [6, 6.07) is 19.6. The van der Waals surface area contributed by atoms with Gasteiger partial charge in [0, 0.05) is 43.7 Å². The Morgan fingerprint density at radius 3 is 2.30 bits per heavy atom. The zero-order chi connectivity index (χ0) is 18.2. The van der Waals surface area contributed by atoms with Gasteiger partial charge in [0.2, 0.25) is 5.91 Å². The molecule has 27 heavy (non-hydrogen) atoms. The van der Waals surface area contributed by atoms with E-state index in [1.54, 1.807) is 10.9 Å². The smallest absolute Gasteiger partial charge is 0.221 e. The summed E-state index contributed by atoms with van der Waals surface area (Å²) in [4.78, 5) is 12.3. The van der Waals surface area contributed by atoms with Gasteiger partial charge in [-0.3, -0.25) is 9.48 Å². The van der Waals surface area contributed by atoms with Gasteiger partial charge >= 0.3 is 0 Å². The molecule has 0 saturated carbocycles. The molecular formula is C23H23N3O. The van der Waals surface area contributed by atoms with Crippen molar-refractivity contribution in [3.05, 3.63) is 89.2 Å². The van der Waals surface area contributed by atoms with Gasteiger partial charge in [0.05, 0.1) is 0 Å². The Labute approximate surface area is 159 Å². The molecule has 1 heterocycles. The summed E-state index contributed by atoms with van der Waals surface area (Å²) < 4.78 is 1.80. The molecule has 2 bridgehead atoms. The van der Waals surface area contributed by atoms with Crippen LogP contribution in [0.15, 0.2) is 67.0 Å². The first-order chi connectivity index (χ1) is 13.3. The van der Waals surface area contributed by atoms with Crippen molar-refractivity contribution in [1.29, 1.82) is 0 Å². The molecule has 0 saturated heterocycles. The number of fused-ring (bicyclic) bond motifs is 1. The molecule has 0 unspecified atom stereocenters. The molecule has 0 radical (unpaired) electrons. The standard InChI is InChI=1S/C23H23N3O/c27-22(10-13-26-12-5-11-25-26)24-15-16-14-21-17-6-1-3-8-19(17)23(16)20-9-4-2-7-18(20)21/h1-9,11-12,16,21,23H,10,13-15H2,(H,24,27)/t16-,21?,23?/m0/s1. The fourth-order valence-corrected chi connectivity index (χ4v) is 4.94. The van der Waals surface area contributed by atoms with Crippen LogP contribution in [0.1, 0.15) is 46.9 Å². The van der Waals surface area contributed by atoms with Crippen LogP contribution in [0.5, 0.6) is 0 Å². The number of aromatic nitrogens is 2. The number of rotatable bonds is 5. The third-order valence-corrected chi connectivity index (χ3v) is 6.11. The molecule has 136 valence electrons. The van der Waals surface area contributed by atoms with Crippen molar-refractivity contribution in [3.63, 3.8) is 0 Å². The number of hydrogen-bond donors (Lipinski definition) is 1. The number of aryl methyl sites for hydroxylation is 1. The molecule has 0 aliphatic heterocycles. The number of benzene rings is 2. The lowest BCUT2D eigenvalue weighted by atomic mass is 9.59. The van der Waals surface area contributed by atoms with E-state index in [9.17, 15) is 4.79 Å².